The Balaban J connectivity index is 2.04. The van der Waals surface area contributed by atoms with Crippen LogP contribution in [0, 0.1) is 6.92 Å². The molecule has 3 rings (SSSR count). The molecule has 0 fully saturated rings. The quantitative estimate of drug-likeness (QED) is 0.766. The zero-order chi connectivity index (χ0) is 14.7. The molecule has 0 spiro atoms. The van der Waals surface area contributed by atoms with Crippen molar-refractivity contribution < 1.29 is 5.11 Å². The normalized spacial score (nSPS) is 10.8. The van der Waals surface area contributed by atoms with E-state index in [2.05, 4.69) is 72.2 Å². The molecule has 0 aliphatic carbocycles. The lowest BCUT2D eigenvalue weighted by atomic mass is 10.1. The Morgan fingerprint density at radius 2 is 1.57 bits per heavy atom. The molecule has 2 aromatic carbocycles. The molecule has 21 heavy (non-hydrogen) atoms. The first-order valence-corrected chi connectivity index (χ1v) is 7.23. The molecular formula is C19H19NO. The summed E-state index contributed by atoms with van der Waals surface area (Å²) in [4.78, 5) is 0. The number of aliphatic hydroxyl groups is 1. The summed E-state index contributed by atoms with van der Waals surface area (Å²) in [5, 5.41) is 9.00. The van der Waals surface area contributed by atoms with Crippen LogP contribution < -0.4 is 0 Å². The molecule has 3 aromatic rings. The van der Waals surface area contributed by atoms with Crippen LogP contribution in [-0.2, 0) is 6.42 Å². The van der Waals surface area contributed by atoms with Gasteiger partial charge in [0.1, 0.15) is 0 Å². The second kappa shape index (κ2) is 5.98. The Kier molecular flexibility index (Phi) is 3.89. The molecule has 0 saturated heterocycles. The van der Waals surface area contributed by atoms with Gasteiger partial charge in [0.2, 0.25) is 0 Å². The van der Waals surface area contributed by atoms with Crippen molar-refractivity contribution in [3.05, 3.63) is 78.0 Å². The van der Waals surface area contributed by atoms with Gasteiger partial charge in [-0.2, -0.15) is 0 Å². The first kappa shape index (κ1) is 13.7. The van der Waals surface area contributed by atoms with Gasteiger partial charge in [-0.1, -0.05) is 42.5 Å². The number of rotatable bonds is 4. The van der Waals surface area contributed by atoms with Gasteiger partial charge < -0.3 is 9.67 Å². The lowest BCUT2D eigenvalue weighted by Crippen LogP contribution is -1.99. The number of aryl methyl sites for hydroxylation is 1. The van der Waals surface area contributed by atoms with Gasteiger partial charge >= 0.3 is 0 Å². The summed E-state index contributed by atoms with van der Waals surface area (Å²) in [5.41, 5.74) is 5.93. The van der Waals surface area contributed by atoms with Gasteiger partial charge in [-0.25, -0.2) is 0 Å². The van der Waals surface area contributed by atoms with Crippen LogP contribution in [0.2, 0.25) is 0 Å². The topological polar surface area (TPSA) is 25.2 Å². The molecule has 0 saturated carbocycles. The average Bonchev–Trinajstić information content (AvgIpc) is 2.91. The first-order chi connectivity index (χ1) is 10.3. The van der Waals surface area contributed by atoms with Crippen LogP contribution in [0.25, 0.3) is 16.9 Å². The fraction of sp³-hybridized carbons (Fsp3) is 0.158. The summed E-state index contributed by atoms with van der Waals surface area (Å²) in [6, 6.07) is 23.1. The van der Waals surface area contributed by atoms with Gasteiger partial charge in [0.05, 0.1) is 5.69 Å². The Bertz CT molecular complexity index is 711. The number of aromatic nitrogens is 1. The minimum Gasteiger partial charge on any atom is -0.396 e. The van der Waals surface area contributed by atoms with Gasteiger partial charge in [0.15, 0.2) is 0 Å². The highest BCUT2D eigenvalue weighted by Gasteiger charge is 2.09. The molecule has 0 aliphatic rings. The van der Waals surface area contributed by atoms with Gasteiger partial charge in [-0.3, -0.25) is 0 Å². The number of hydrogen-bond donors (Lipinski definition) is 1. The number of nitrogens with zero attached hydrogens (tertiary/aromatic N) is 1. The molecule has 0 bridgehead atoms. The van der Waals surface area contributed by atoms with E-state index in [1.165, 1.54) is 17.0 Å². The van der Waals surface area contributed by atoms with Gasteiger partial charge in [-0.05, 0) is 48.7 Å². The van der Waals surface area contributed by atoms with E-state index in [0.717, 1.165) is 11.3 Å². The van der Waals surface area contributed by atoms with Crippen molar-refractivity contribution in [2.45, 2.75) is 13.3 Å². The van der Waals surface area contributed by atoms with Crippen LogP contribution in [-0.4, -0.2) is 16.3 Å². The van der Waals surface area contributed by atoms with Gasteiger partial charge in [0.25, 0.3) is 0 Å². The fourth-order valence-electron chi connectivity index (χ4n) is 2.66. The maximum Gasteiger partial charge on any atom is 0.0531 e. The Labute approximate surface area is 125 Å². The van der Waals surface area contributed by atoms with E-state index in [0.29, 0.717) is 6.42 Å². The van der Waals surface area contributed by atoms with Crippen molar-refractivity contribution in [1.82, 2.24) is 4.57 Å². The van der Waals surface area contributed by atoms with Crippen molar-refractivity contribution in [1.29, 1.82) is 0 Å². The van der Waals surface area contributed by atoms with Crippen molar-refractivity contribution in [2.75, 3.05) is 6.61 Å². The zero-order valence-corrected chi connectivity index (χ0v) is 12.2. The van der Waals surface area contributed by atoms with Crippen molar-refractivity contribution >= 4 is 0 Å². The predicted octanol–water partition coefficient (Wildman–Crippen LogP) is 3.99. The predicted molar refractivity (Wildman–Crippen MR) is 86.7 cm³/mol. The lowest BCUT2D eigenvalue weighted by molar-refractivity contribution is 0.299. The number of benzene rings is 2. The molecule has 0 aliphatic heterocycles. The Hall–Kier alpha value is -2.32. The SMILES string of the molecule is Cc1ccc(-c2ccccc2)n1-c1ccc(CCO)cc1. The highest BCUT2D eigenvalue weighted by Crippen LogP contribution is 2.26. The fourth-order valence-corrected chi connectivity index (χ4v) is 2.66. The zero-order valence-electron chi connectivity index (χ0n) is 12.2. The first-order valence-electron chi connectivity index (χ1n) is 7.23. The molecule has 1 heterocycles. The van der Waals surface area contributed by atoms with E-state index in [4.69, 9.17) is 5.11 Å². The largest absolute Gasteiger partial charge is 0.396 e. The van der Waals surface area contributed by atoms with E-state index >= 15 is 0 Å². The molecule has 2 heteroatoms. The molecule has 1 aromatic heterocycles. The maximum atomic E-state index is 9.00. The summed E-state index contributed by atoms with van der Waals surface area (Å²) in [5.74, 6) is 0. The van der Waals surface area contributed by atoms with Crippen molar-refractivity contribution in [2.24, 2.45) is 0 Å². The third-order valence-corrected chi connectivity index (χ3v) is 3.74. The van der Waals surface area contributed by atoms with Gasteiger partial charge in [0, 0.05) is 18.0 Å². The van der Waals surface area contributed by atoms with Crippen LogP contribution in [0.3, 0.4) is 0 Å². The van der Waals surface area contributed by atoms with E-state index < -0.39 is 0 Å². The summed E-state index contributed by atoms with van der Waals surface area (Å²) in [6.45, 7) is 2.31. The van der Waals surface area contributed by atoms with Crippen LogP contribution in [0.4, 0.5) is 0 Å². The number of aliphatic hydroxyl groups excluding tert-OH is 1. The molecular weight excluding hydrogens is 258 g/mol. The second-order valence-electron chi connectivity index (χ2n) is 5.20. The summed E-state index contributed by atoms with van der Waals surface area (Å²) < 4.78 is 2.26. The van der Waals surface area contributed by atoms with Crippen LogP contribution >= 0.6 is 0 Å². The third kappa shape index (κ3) is 2.76. The van der Waals surface area contributed by atoms with E-state index in [9.17, 15) is 0 Å². The van der Waals surface area contributed by atoms with E-state index in [-0.39, 0.29) is 6.61 Å². The number of hydrogen-bond acceptors (Lipinski definition) is 1. The maximum absolute atomic E-state index is 9.00. The van der Waals surface area contributed by atoms with E-state index in [1.807, 2.05) is 6.07 Å². The monoisotopic (exact) mass is 277 g/mol. The lowest BCUT2D eigenvalue weighted by Gasteiger charge is -2.13. The molecule has 0 amide bonds. The third-order valence-electron chi connectivity index (χ3n) is 3.74. The molecule has 2 nitrogen and oxygen atoms in total. The molecule has 0 unspecified atom stereocenters. The summed E-state index contributed by atoms with van der Waals surface area (Å²) in [6.07, 6.45) is 0.705. The summed E-state index contributed by atoms with van der Waals surface area (Å²) in [7, 11) is 0. The van der Waals surface area contributed by atoms with Crippen molar-refractivity contribution in [3.63, 3.8) is 0 Å². The minimum atomic E-state index is 0.192. The Morgan fingerprint density at radius 1 is 0.857 bits per heavy atom. The standard InChI is InChI=1S/C19H19NO/c1-15-7-12-19(17-5-3-2-4-6-17)20(15)18-10-8-16(9-11-18)13-14-21/h2-12,21H,13-14H2,1H3. The molecule has 1 N–H and O–H groups in total. The van der Waals surface area contributed by atoms with Crippen LogP contribution in [0.1, 0.15) is 11.3 Å². The van der Waals surface area contributed by atoms with Crippen LogP contribution in [0.5, 0.6) is 0 Å². The molecule has 0 atom stereocenters. The van der Waals surface area contributed by atoms with Gasteiger partial charge in [-0.15, -0.1) is 0 Å². The molecule has 0 radical (unpaired) electrons. The minimum absolute atomic E-state index is 0.192. The van der Waals surface area contributed by atoms with E-state index in [1.54, 1.807) is 0 Å². The average molecular weight is 277 g/mol. The smallest absolute Gasteiger partial charge is 0.0531 e. The Morgan fingerprint density at radius 3 is 2.24 bits per heavy atom. The highest BCUT2D eigenvalue weighted by molar-refractivity contribution is 5.64. The second-order valence-corrected chi connectivity index (χ2v) is 5.20. The van der Waals surface area contributed by atoms with Crippen LogP contribution in [0.15, 0.2) is 66.7 Å². The summed E-state index contributed by atoms with van der Waals surface area (Å²) >= 11 is 0. The van der Waals surface area contributed by atoms with Crippen molar-refractivity contribution in [3.8, 4) is 16.9 Å². The molecule has 106 valence electrons. The highest BCUT2D eigenvalue weighted by atomic mass is 16.2.